The molecule has 0 bridgehead atoms. The van der Waals surface area contributed by atoms with Crippen LogP contribution in [0.25, 0.3) is 17.0 Å². The first-order valence-corrected chi connectivity index (χ1v) is 5.26. The fourth-order valence-electron chi connectivity index (χ4n) is 1.71. The number of carboxylic acid groups (broad SMARTS) is 1. The summed E-state index contributed by atoms with van der Waals surface area (Å²) in [7, 11) is 0. The van der Waals surface area contributed by atoms with Crippen molar-refractivity contribution in [1.82, 2.24) is 4.98 Å². The van der Waals surface area contributed by atoms with Gasteiger partial charge in [-0.15, -0.1) is 0 Å². The van der Waals surface area contributed by atoms with E-state index in [4.69, 9.17) is 9.84 Å². The van der Waals surface area contributed by atoms with Crippen molar-refractivity contribution in [3.63, 3.8) is 0 Å². The first-order valence-electron chi connectivity index (χ1n) is 5.26. The average molecular weight is 231 g/mol. The summed E-state index contributed by atoms with van der Waals surface area (Å²) in [4.78, 5) is 13.5. The van der Waals surface area contributed by atoms with Gasteiger partial charge in [0.05, 0.1) is 6.26 Å². The van der Waals surface area contributed by atoms with E-state index in [0.29, 0.717) is 0 Å². The van der Waals surface area contributed by atoms with Crippen molar-refractivity contribution in [3.8, 4) is 0 Å². The molecule has 0 fully saturated rings. The Morgan fingerprint density at radius 3 is 2.94 bits per heavy atom. The number of carbonyl (C=O) groups is 1. The van der Waals surface area contributed by atoms with E-state index < -0.39 is 5.97 Å². The number of nitrogens with one attached hydrogen (secondary N) is 1. The van der Waals surface area contributed by atoms with Crippen LogP contribution in [0.15, 0.2) is 30.5 Å². The Morgan fingerprint density at radius 2 is 2.24 bits per heavy atom. The molecule has 4 heteroatoms. The van der Waals surface area contributed by atoms with Gasteiger partial charge in [-0.2, -0.15) is 0 Å². The highest BCUT2D eigenvalue weighted by Crippen LogP contribution is 2.21. The van der Waals surface area contributed by atoms with E-state index in [9.17, 15) is 4.79 Å². The van der Waals surface area contributed by atoms with E-state index in [1.807, 2.05) is 31.2 Å². The number of rotatable bonds is 4. The second-order valence-corrected chi connectivity index (χ2v) is 3.72. The molecule has 88 valence electrons. The molecule has 1 aromatic carbocycles. The molecule has 0 atom stereocenters. The van der Waals surface area contributed by atoms with Crippen molar-refractivity contribution < 1.29 is 14.6 Å². The second-order valence-electron chi connectivity index (χ2n) is 3.72. The lowest BCUT2D eigenvalue weighted by atomic mass is 10.1. The summed E-state index contributed by atoms with van der Waals surface area (Å²) >= 11 is 0. The molecule has 0 aliphatic heterocycles. The van der Waals surface area contributed by atoms with Crippen LogP contribution in [0.5, 0.6) is 0 Å². The van der Waals surface area contributed by atoms with Gasteiger partial charge in [0.15, 0.2) is 6.61 Å². The third-order valence-electron chi connectivity index (χ3n) is 2.54. The predicted molar refractivity (Wildman–Crippen MR) is 65.7 cm³/mol. The zero-order chi connectivity index (χ0) is 12.3. The van der Waals surface area contributed by atoms with Crippen molar-refractivity contribution >= 4 is 22.9 Å². The summed E-state index contributed by atoms with van der Waals surface area (Å²) in [6.07, 6.45) is 3.13. The Balaban J connectivity index is 2.19. The number of hydrogen-bond donors (Lipinski definition) is 2. The molecule has 17 heavy (non-hydrogen) atoms. The fourth-order valence-corrected chi connectivity index (χ4v) is 1.71. The van der Waals surface area contributed by atoms with E-state index >= 15 is 0 Å². The molecule has 1 aromatic heterocycles. The van der Waals surface area contributed by atoms with Gasteiger partial charge in [-0.1, -0.05) is 18.2 Å². The summed E-state index contributed by atoms with van der Waals surface area (Å²) in [6.45, 7) is 1.69. The van der Waals surface area contributed by atoms with Crippen LogP contribution in [-0.2, 0) is 9.53 Å². The number of aryl methyl sites for hydroxylation is 1. The summed E-state index contributed by atoms with van der Waals surface area (Å²) < 4.78 is 4.85. The van der Waals surface area contributed by atoms with Gasteiger partial charge in [0, 0.05) is 16.6 Å². The Kier molecular flexibility index (Phi) is 3.14. The van der Waals surface area contributed by atoms with Gasteiger partial charge in [0.1, 0.15) is 0 Å². The minimum absolute atomic E-state index is 0.324. The van der Waals surface area contributed by atoms with Crippen LogP contribution < -0.4 is 0 Å². The van der Waals surface area contributed by atoms with Crippen LogP contribution in [0.3, 0.4) is 0 Å². The van der Waals surface area contributed by atoms with Crippen molar-refractivity contribution in [2.24, 2.45) is 0 Å². The lowest BCUT2D eigenvalue weighted by Crippen LogP contribution is -2.02. The monoisotopic (exact) mass is 231 g/mol. The number of H-pyrrole nitrogens is 1. The van der Waals surface area contributed by atoms with Gasteiger partial charge < -0.3 is 14.8 Å². The number of para-hydroxylation sites is 1. The zero-order valence-electron chi connectivity index (χ0n) is 9.43. The molecule has 0 aliphatic rings. The summed E-state index contributed by atoms with van der Waals surface area (Å²) in [6, 6.07) is 7.98. The van der Waals surface area contributed by atoms with Crippen LogP contribution in [0.1, 0.15) is 11.3 Å². The Labute approximate surface area is 98.5 Å². The number of benzene rings is 1. The van der Waals surface area contributed by atoms with Crippen molar-refractivity contribution in [2.75, 3.05) is 6.61 Å². The lowest BCUT2D eigenvalue weighted by molar-refractivity contribution is -0.140. The van der Waals surface area contributed by atoms with E-state index in [0.717, 1.165) is 22.2 Å². The van der Waals surface area contributed by atoms with Gasteiger partial charge in [-0.25, -0.2) is 4.79 Å². The van der Waals surface area contributed by atoms with Gasteiger partial charge in [-0.3, -0.25) is 0 Å². The van der Waals surface area contributed by atoms with Crippen LogP contribution in [0, 0.1) is 6.92 Å². The van der Waals surface area contributed by atoms with E-state index in [2.05, 4.69) is 4.98 Å². The molecule has 0 saturated carbocycles. The van der Waals surface area contributed by atoms with Crippen molar-refractivity contribution in [3.05, 3.63) is 41.8 Å². The van der Waals surface area contributed by atoms with E-state index in [1.165, 1.54) is 6.26 Å². The van der Waals surface area contributed by atoms with Crippen LogP contribution in [0.2, 0.25) is 0 Å². The normalized spacial score (nSPS) is 11.1. The molecule has 4 nitrogen and oxygen atoms in total. The van der Waals surface area contributed by atoms with Crippen molar-refractivity contribution in [2.45, 2.75) is 6.92 Å². The molecule has 2 aromatic rings. The molecule has 1 heterocycles. The standard InChI is InChI=1S/C13H13NO3/c1-9-10-4-2-3-5-12(10)14-11(9)6-7-17-8-13(15)16/h2-7,14H,8H2,1H3,(H,15,16). The number of aromatic nitrogens is 1. The lowest BCUT2D eigenvalue weighted by Gasteiger charge is -1.94. The summed E-state index contributed by atoms with van der Waals surface area (Å²) in [5.74, 6) is -0.983. The molecule has 0 radical (unpaired) electrons. The average Bonchev–Trinajstić information content (AvgIpc) is 2.63. The third-order valence-corrected chi connectivity index (χ3v) is 2.54. The maximum Gasteiger partial charge on any atom is 0.341 e. The maximum atomic E-state index is 10.3. The summed E-state index contributed by atoms with van der Waals surface area (Å²) in [5, 5.41) is 9.57. The van der Waals surface area contributed by atoms with Gasteiger partial charge in [0.25, 0.3) is 0 Å². The SMILES string of the molecule is Cc1c(C=COCC(=O)O)[nH]c2ccccc12. The predicted octanol–water partition coefficient (Wildman–Crippen LogP) is 2.55. The minimum Gasteiger partial charge on any atom is -0.489 e. The number of fused-ring (bicyclic) bond motifs is 1. The maximum absolute atomic E-state index is 10.3. The first-order chi connectivity index (χ1) is 8.18. The topological polar surface area (TPSA) is 62.3 Å². The highest BCUT2D eigenvalue weighted by molar-refractivity contribution is 5.86. The number of aliphatic carboxylic acids is 1. The molecule has 0 aliphatic carbocycles. The molecular formula is C13H13NO3. The zero-order valence-corrected chi connectivity index (χ0v) is 9.43. The highest BCUT2D eigenvalue weighted by Gasteiger charge is 2.03. The largest absolute Gasteiger partial charge is 0.489 e. The quantitative estimate of drug-likeness (QED) is 0.795. The molecule has 0 saturated heterocycles. The molecule has 2 rings (SSSR count). The highest BCUT2D eigenvalue weighted by atomic mass is 16.5. The first kappa shape index (κ1) is 11.3. The van der Waals surface area contributed by atoms with E-state index in [1.54, 1.807) is 6.08 Å². The summed E-state index contributed by atoms with van der Waals surface area (Å²) in [5.41, 5.74) is 3.11. The molecule has 0 unspecified atom stereocenters. The van der Waals surface area contributed by atoms with Gasteiger partial charge in [-0.05, 0) is 24.6 Å². The Hall–Kier alpha value is -2.23. The Morgan fingerprint density at radius 1 is 1.47 bits per heavy atom. The third kappa shape index (κ3) is 2.47. The molecular weight excluding hydrogens is 218 g/mol. The fraction of sp³-hybridized carbons (Fsp3) is 0.154. The second kappa shape index (κ2) is 4.74. The van der Waals surface area contributed by atoms with Crippen LogP contribution in [0.4, 0.5) is 0 Å². The van der Waals surface area contributed by atoms with Gasteiger partial charge >= 0.3 is 5.97 Å². The molecule has 2 N–H and O–H groups in total. The molecule has 0 amide bonds. The van der Waals surface area contributed by atoms with Crippen molar-refractivity contribution in [1.29, 1.82) is 0 Å². The smallest absolute Gasteiger partial charge is 0.341 e. The number of carboxylic acids is 1. The number of aromatic amines is 1. The van der Waals surface area contributed by atoms with Gasteiger partial charge in [0.2, 0.25) is 0 Å². The molecule has 0 spiro atoms. The minimum atomic E-state index is -0.983. The number of ether oxygens (including phenoxy) is 1. The number of hydrogen-bond acceptors (Lipinski definition) is 2. The Bertz CT molecular complexity index is 569. The van der Waals surface area contributed by atoms with Crippen LogP contribution >= 0.6 is 0 Å². The van der Waals surface area contributed by atoms with E-state index in [-0.39, 0.29) is 6.61 Å². The van der Waals surface area contributed by atoms with Crippen LogP contribution in [-0.4, -0.2) is 22.7 Å².